The second-order valence-electron chi connectivity index (χ2n) is 3.41. The molecule has 0 spiro atoms. The summed E-state index contributed by atoms with van der Waals surface area (Å²) in [4.78, 5) is 8.21. The highest BCUT2D eigenvalue weighted by atomic mass is 32.2. The highest BCUT2D eigenvalue weighted by molar-refractivity contribution is 7.98. The van der Waals surface area contributed by atoms with Crippen LogP contribution in [0.4, 0.5) is 5.69 Å². The molecule has 1 aromatic heterocycles. The minimum absolute atomic E-state index is 0.657. The topological polar surface area (TPSA) is 61.0 Å². The fourth-order valence-corrected chi connectivity index (χ4v) is 2.16. The quantitative estimate of drug-likeness (QED) is 0.664. The van der Waals surface area contributed by atoms with Gasteiger partial charge in [-0.05, 0) is 17.7 Å². The molecule has 0 unspecified atom stereocenters. The van der Waals surface area contributed by atoms with Gasteiger partial charge in [0.05, 0.1) is 19.0 Å². The van der Waals surface area contributed by atoms with Gasteiger partial charge in [0, 0.05) is 18.1 Å². The number of hydrogen-bond donors (Lipinski definition) is 1. The Kier molecular flexibility index (Phi) is 3.82. The van der Waals surface area contributed by atoms with E-state index in [9.17, 15) is 0 Å². The molecule has 2 rings (SSSR count). The molecule has 0 radical (unpaired) electrons. The molecule has 17 heavy (non-hydrogen) atoms. The number of nitrogens with two attached hydrogens (primary N) is 1. The van der Waals surface area contributed by atoms with E-state index in [4.69, 9.17) is 10.5 Å². The Bertz CT molecular complexity index is 490. The maximum absolute atomic E-state index is 5.84. The molecule has 0 aliphatic carbocycles. The number of methoxy groups -OCH3 is 1. The highest BCUT2D eigenvalue weighted by Gasteiger charge is 2.02. The van der Waals surface area contributed by atoms with Crippen molar-refractivity contribution in [3.63, 3.8) is 0 Å². The fraction of sp³-hybridized carbons (Fsp3) is 0.167. The maximum atomic E-state index is 5.84. The Balaban J connectivity index is 2.02. The van der Waals surface area contributed by atoms with Crippen molar-refractivity contribution in [3.05, 3.63) is 42.4 Å². The summed E-state index contributed by atoms with van der Waals surface area (Å²) in [6, 6.07) is 5.79. The lowest BCUT2D eigenvalue weighted by molar-refractivity contribution is 0.417. The molecule has 88 valence electrons. The van der Waals surface area contributed by atoms with Crippen LogP contribution in [0.1, 0.15) is 5.56 Å². The fourth-order valence-electron chi connectivity index (χ4n) is 1.39. The van der Waals surface area contributed by atoms with Crippen LogP contribution in [-0.4, -0.2) is 17.1 Å². The minimum atomic E-state index is 0.657. The van der Waals surface area contributed by atoms with Crippen LogP contribution in [0.2, 0.25) is 0 Å². The van der Waals surface area contributed by atoms with Crippen molar-refractivity contribution < 1.29 is 4.74 Å². The number of aromatic nitrogens is 2. The Hall–Kier alpha value is -1.75. The van der Waals surface area contributed by atoms with Crippen LogP contribution in [-0.2, 0) is 5.75 Å². The van der Waals surface area contributed by atoms with Crippen LogP contribution < -0.4 is 10.5 Å². The molecule has 0 bridgehead atoms. The summed E-state index contributed by atoms with van der Waals surface area (Å²) in [7, 11) is 1.61. The molecule has 4 nitrogen and oxygen atoms in total. The third-order valence-electron chi connectivity index (χ3n) is 2.22. The molecule has 2 N–H and O–H groups in total. The molecule has 5 heteroatoms. The van der Waals surface area contributed by atoms with Crippen molar-refractivity contribution in [1.82, 2.24) is 9.97 Å². The molecule has 0 saturated carbocycles. The number of rotatable bonds is 4. The average molecular weight is 247 g/mol. The number of ether oxygens (including phenoxy) is 1. The third kappa shape index (κ3) is 3.10. The Morgan fingerprint density at radius 3 is 2.88 bits per heavy atom. The molecule has 1 aromatic carbocycles. The zero-order valence-electron chi connectivity index (χ0n) is 9.46. The van der Waals surface area contributed by atoms with Crippen molar-refractivity contribution in [2.75, 3.05) is 12.8 Å². The van der Waals surface area contributed by atoms with Gasteiger partial charge in [-0.1, -0.05) is 6.07 Å². The van der Waals surface area contributed by atoms with Crippen LogP contribution in [0, 0.1) is 0 Å². The molecule has 2 aromatic rings. The van der Waals surface area contributed by atoms with Gasteiger partial charge in [0.1, 0.15) is 10.8 Å². The third-order valence-corrected chi connectivity index (χ3v) is 3.20. The zero-order chi connectivity index (χ0) is 12.1. The minimum Gasteiger partial charge on any atom is -0.495 e. The first kappa shape index (κ1) is 11.7. The number of nitrogens with zero attached hydrogens (tertiary/aromatic N) is 2. The molecule has 0 atom stereocenters. The SMILES string of the molecule is COc1ccc(CSc2cnccn2)cc1N. The van der Waals surface area contributed by atoms with E-state index in [2.05, 4.69) is 9.97 Å². The van der Waals surface area contributed by atoms with Crippen molar-refractivity contribution >= 4 is 17.4 Å². The van der Waals surface area contributed by atoms with Gasteiger partial charge >= 0.3 is 0 Å². The van der Waals surface area contributed by atoms with Gasteiger partial charge in [0.2, 0.25) is 0 Å². The average Bonchev–Trinajstić information content (AvgIpc) is 2.38. The Labute approximate surface area is 104 Å². The molecular weight excluding hydrogens is 234 g/mol. The molecule has 1 heterocycles. The van der Waals surface area contributed by atoms with E-state index < -0.39 is 0 Å². The highest BCUT2D eigenvalue weighted by Crippen LogP contribution is 2.26. The molecule has 0 aliphatic heterocycles. The summed E-state index contributed by atoms with van der Waals surface area (Å²) < 4.78 is 5.11. The normalized spacial score (nSPS) is 10.2. The number of nitrogen functional groups attached to an aromatic ring is 1. The molecule has 0 aliphatic rings. The summed E-state index contributed by atoms with van der Waals surface area (Å²) in [5.41, 5.74) is 7.63. The zero-order valence-corrected chi connectivity index (χ0v) is 10.3. The van der Waals surface area contributed by atoms with Gasteiger partial charge in [-0.3, -0.25) is 4.98 Å². The predicted molar refractivity (Wildman–Crippen MR) is 69.0 cm³/mol. The molecule has 0 saturated heterocycles. The first-order valence-corrected chi connectivity index (χ1v) is 6.09. The lowest BCUT2D eigenvalue weighted by atomic mass is 10.2. The van der Waals surface area contributed by atoms with Crippen molar-refractivity contribution in [3.8, 4) is 5.75 Å². The Morgan fingerprint density at radius 1 is 1.35 bits per heavy atom. The van der Waals surface area contributed by atoms with Crippen LogP contribution >= 0.6 is 11.8 Å². The van der Waals surface area contributed by atoms with E-state index in [1.165, 1.54) is 0 Å². The van der Waals surface area contributed by atoms with E-state index in [0.717, 1.165) is 16.3 Å². The molecular formula is C12H13N3OS. The van der Waals surface area contributed by atoms with Crippen molar-refractivity contribution in [2.24, 2.45) is 0 Å². The van der Waals surface area contributed by atoms with E-state index in [0.29, 0.717) is 11.4 Å². The van der Waals surface area contributed by atoms with Gasteiger partial charge in [0.15, 0.2) is 0 Å². The number of hydrogen-bond acceptors (Lipinski definition) is 5. The first-order chi connectivity index (χ1) is 8.29. The second kappa shape index (κ2) is 5.54. The van der Waals surface area contributed by atoms with Crippen LogP contribution in [0.3, 0.4) is 0 Å². The van der Waals surface area contributed by atoms with Gasteiger partial charge in [-0.15, -0.1) is 11.8 Å². The lowest BCUT2D eigenvalue weighted by Crippen LogP contribution is -1.93. The molecule has 0 amide bonds. The van der Waals surface area contributed by atoms with Gasteiger partial charge in [-0.25, -0.2) is 4.98 Å². The standard InChI is InChI=1S/C12H13N3OS/c1-16-11-3-2-9(6-10(11)13)8-17-12-7-14-4-5-15-12/h2-7H,8,13H2,1H3. The van der Waals surface area contributed by atoms with E-state index in [-0.39, 0.29) is 0 Å². The monoisotopic (exact) mass is 247 g/mol. The number of anilines is 1. The van der Waals surface area contributed by atoms with Gasteiger partial charge in [-0.2, -0.15) is 0 Å². The van der Waals surface area contributed by atoms with Crippen molar-refractivity contribution in [2.45, 2.75) is 10.8 Å². The Morgan fingerprint density at radius 2 is 2.24 bits per heavy atom. The van der Waals surface area contributed by atoms with Crippen LogP contribution in [0.15, 0.2) is 41.8 Å². The summed E-state index contributed by atoms with van der Waals surface area (Å²) >= 11 is 1.63. The largest absolute Gasteiger partial charge is 0.495 e. The smallest absolute Gasteiger partial charge is 0.141 e. The summed E-state index contributed by atoms with van der Waals surface area (Å²) in [5.74, 6) is 1.52. The second-order valence-corrected chi connectivity index (χ2v) is 4.40. The number of benzene rings is 1. The molecule has 0 fully saturated rings. The summed E-state index contributed by atoms with van der Waals surface area (Å²) in [6.45, 7) is 0. The first-order valence-electron chi connectivity index (χ1n) is 5.11. The van der Waals surface area contributed by atoms with E-state index in [1.54, 1.807) is 37.5 Å². The van der Waals surface area contributed by atoms with Gasteiger partial charge < -0.3 is 10.5 Å². The van der Waals surface area contributed by atoms with Crippen molar-refractivity contribution in [1.29, 1.82) is 0 Å². The van der Waals surface area contributed by atoms with E-state index >= 15 is 0 Å². The van der Waals surface area contributed by atoms with E-state index in [1.807, 2.05) is 18.2 Å². The lowest BCUT2D eigenvalue weighted by Gasteiger charge is -2.06. The van der Waals surface area contributed by atoms with Crippen LogP contribution in [0.25, 0.3) is 0 Å². The van der Waals surface area contributed by atoms with Gasteiger partial charge in [0.25, 0.3) is 0 Å². The van der Waals surface area contributed by atoms with Crippen LogP contribution in [0.5, 0.6) is 5.75 Å². The number of thioether (sulfide) groups is 1. The summed E-state index contributed by atoms with van der Waals surface area (Å²) in [6.07, 6.45) is 5.09. The summed E-state index contributed by atoms with van der Waals surface area (Å²) in [5, 5.41) is 0.905. The maximum Gasteiger partial charge on any atom is 0.141 e. The predicted octanol–water partition coefficient (Wildman–Crippen LogP) is 2.36.